The number of nitrogens with zero attached hydrogens (tertiary/aromatic N) is 2. The molecule has 0 amide bonds. The van der Waals surface area contributed by atoms with Crippen molar-refractivity contribution < 1.29 is 17.6 Å². The minimum absolute atomic E-state index is 0.161. The van der Waals surface area contributed by atoms with Crippen LogP contribution in [0.15, 0.2) is 60.8 Å². The standard InChI is InChI=1S/C18H14F4N4/c19-14-6-4-12(5-7-14)11-24-16-8-9-23-17(26-16)25-15-3-1-2-13(10-15)18(20,21)22/h1-10H,11H2,(H2,23,24,25,26). The summed E-state index contributed by atoms with van der Waals surface area (Å²) in [5, 5.41) is 5.80. The number of alkyl halides is 3. The molecular formula is C18H14F4N4. The molecule has 2 aromatic carbocycles. The van der Waals surface area contributed by atoms with Crippen molar-refractivity contribution in [1.82, 2.24) is 9.97 Å². The molecule has 0 aliphatic carbocycles. The molecule has 0 saturated carbocycles. The van der Waals surface area contributed by atoms with Gasteiger partial charge in [0.1, 0.15) is 11.6 Å². The van der Waals surface area contributed by atoms with Crippen molar-refractivity contribution in [3.8, 4) is 0 Å². The van der Waals surface area contributed by atoms with Crippen LogP contribution in [-0.2, 0) is 12.7 Å². The lowest BCUT2D eigenvalue weighted by Crippen LogP contribution is -2.06. The molecule has 0 radical (unpaired) electrons. The van der Waals surface area contributed by atoms with Crippen LogP contribution in [-0.4, -0.2) is 9.97 Å². The van der Waals surface area contributed by atoms with Crippen molar-refractivity contribution in [2.75, 3.05) is 10.6 Å². The second-order valence-electron chi connectivity index (χ2n) is 5.45. The second kappa shape index (κ2) is 7.38. The highest BCUT2D eigenvalue weighted by atomic mass is 19.4. The van der Waals surface area contributed by atoms with Crippen LogP contribution in [0.3, 0.4) is 0 Å². The van der Waals surface area contributed by atoms with Gasteiger partial charge in [0.15, 0.2) is 0 Å². The largest absolute Gasteiger partial charge is 0.416 e. The van der Waals surface area contributed by atoms with Crippen molar-refractivity contribution in [1.29, 1.82) is 0 Å². The summed E-state index contributed by atoms with van der Waals surface area (Å²) in [4.78, 5) is 8.20. The maximum Gasteiger partial charge on any atom is 0.416 e. The van der Waals surface area contributed by atoms with E-state index in [1.807, 2.05) is 0 Å². The van der Waals surface area contributed by atoms with Gasteiger partial charge in [0.2, 0.25) is 5.95 Å². The van der Waals surface area contributed by atoms with Gasteiger partial charge in [-0.1, -0.05) is 18.2 Å². The summed E-state index contributed by atoms with van der Waals surface area (Å²) < 4.78 is 51.2. The van der Waals surface area contributed by atoms with Gasteiger partial charge in [-0.2, -0.15) is 18.2 Å². The topological polar surface area (TPSA) is 49.8 Å². The number of anilines is 3. The Balaban J connectivity index is 1.68. The normalized spacial score (nSPS) is 11.2. The zero-order valence-corrected chi connectivity index (χ0v) is 13.4. The first-order valence-corrected chi connectivity index (χ1v) is 7.66. The molecule has 1 aromatic heterocycles. The quantitative estimate of drug-likeness (QED) is 0.628. The summed E-state index contributed by atoms with van der Waals surface area (Å²) in [6.07, 6.45) is -2.94. The number of nitrogens with one attached hydrogen (secondary N) is 2. The third-order valence-electron chi connectivity index (χ3n) is 3.49. The van der Waals surface area contributed by atoms with Crippen LogP contribution in [0, 0.1) is 5.82 Å². The van der Waals surface area contributed by atoms with Crippen LogP contribution in [0.5, 0.6) is 0 Å². The van der Waals surface area contributed by atoms with Gasteiger partial charge >= 0.3 is 6.18 Å². The van der Waals surface area contributed by atoms with Crippen LogP contribution < -0.4 is 10.6 Å². The number of rotatable bonds is 5. The molecule has 0 unspecified atom stereocenters. The van der Waals surface area contributed by atoms with E-state index in [2.05, 4.69) is 20.6 Å². The van der Waals surface area contributed by atoms with E-state index >= 15 is 0 Å². The van der Waals surface area contributed by atoms with Gasteiger partial charge in [-0.3, -0.25) is 0 Å². The fourth-order valence-corrected chi connectivity index (χ4v) is 2.21. The summed E-state index contributed by atoms with van der Waals surface area (Å²) in [5.74, 6) is 0.329. The first-order valence-electron chi connectivity index (χ1n) is 7.66. The Morgan fingerprint density at radius 3 is 2.46 bits per heavy atom. The SMILES string of the molecule is Fc1ccc(CNc2ccnc(Nc3cccc(C(F)(F)F)c3)n2)cc1. The highest BCUT2D eigenvalue weighted by Gasteiger charge is 2.30. The van der Waals surface area contributed by atoms with Crippen LogP contribution in [0.2, 0.25) is 0 Å². The molecule has 134 valence electrons. The van der Waals surface area contributed by atoms with Crippen molar-refractivity contribution in [3.05, 3.63) is 77.7 Å². The summed E-state index contributed by atoms with van der Waals surface area (Å²) in [6, 6.07) is 12.4. The van der Waals surface area contributed by atoms with E-state index in [9.17, 15) is 17.6 Å². The molecule has 2 N–H and O–H groups in total. The van der Waals surface area contributed by atoms with E-state index in [4.69, 9.17) is 0 Å². The molecule has 26 heavy (non-hydrogen) atoms. The van der Waals surface area contributed by atoms with Crippen LogP contribution >= 0.6 is 0 Å². The van der Waals surface area contributed by atoms with E-state index in [1.165, 1.54) is 30.5 Å². The average molecular weight is 362 g/mol. The zero-order valence-electron chi connectivity index (χ0n) is 13.4. The molecule has 0 aliphatic rings. The van der Waals surface area contributed by atoms with Crippen molar-refractivity contribution >= 4 is 17.5 Å². The molecule has 0 fully saturated rings. The number of aromatic nitrogens is 2. The molecule has 1 heterocycles. The lowest BCUT2D eigenvalue weighted by molar-refractivity contribution is -0.137. The fourth-order valence-electron chi connectivity index (χ4n) is 2.21. The van der Waals surface area contributed by atoms with Gasteiger partial charge < -0.3 is 10.6 Å². The number of halogens is 4. The summed E-state index contributed by atoms with van der Waals surface area (Å²) in [5.41, 5.74) is 0.334. The minimum Gasteiger partial charge on any atom is -0.366 e. The Morgan fingerprint density at radius 2 is 1.73 bits per heavy atom. The predicted molar refractivity (Wildman–Crippen MR) is 90.5 cm³/mol. The lowest BCUT2D eigenvalue weighted by atomic mass is 10.2. The van der Waals surface area contributed by atoms with Crippen LogP contribution in [0.4, 0.5) is 35.0 Å². The molecule has 0 aliphatic heterocycles. The molecule has 0 atom stereocenters. The van der Waals surface area contributed by atoms with Crippen LogP contribution in [0.25, 0.3) is 0 Å². The van der Waals surface area contributed by atoms with E-state index in [0.717, 1.165) is 17.7 Å². The Bertz CT molecular complexity index is 879. The number of hydrogen-bond donors (Lipinski definition) is 2. The third-order valence-corrected chi connectivity index (χ3v) is 3.49. The predicted octanol–water partition coefficient (Wildman–Crippen LogP) is 4.99. The zero-order chi connectivity index (χ0) is 18.6. The molecule has 3 aromatic rings. The first kappa shape index (κ1) is 17.7. The molecule has 4 nitrogen and oxygen atoms in total. The van der Waals surface area contributed by atoms with Gasteiger partial charge in [-0.05, 0) is 42.0 Å². The van der Waals surface area contributed by atoms with Crippen LogP contribution in [0.1, 0.15) is 11.1 Å². The van der Waals surface area contributed by atoms with E-state index in [1.54, 1.807) is 18.2 Å². The Hall–Kier alpha value is -3.16. The maximum absolute atomic E-state index is 12.9. The Morgan fingerprint density at radius 1 is 0.962 bits per heavy atom. The maximum atomic E-state index is 12.9. The van der Waals surface area contributed by atoms with E-state index in [0.29, 0.717) is 12.4 Å². The molecule has 8 heteroatoms. The van der Waals surface area contributed by atoms with Gasteiger partial charge in [0, 0.05) is 18.4 Å². The van der Waals surface area contributed by atoms with E-state index < -0.39 is 11.7 Å². The van der Waals surface area contributed by atoms with Crippen molar-refractivity contribution in [2.24, 2.45) is 0 Å². The minimum atomic E-state index is -4.42. The van der Waals surface area contributed by atoms with Gasteiger partial charge in [-0.25, -0.2) is 9.37 Å². The Kier molecular flexibility index (Phi) is 5.01. The van der Waals surface area contributed by atoms with Gasteiger partial charge in [0.05, 0.1) is 5.56 Å². The highest BCUT2D eigenvalue weighted by Crippen LogP contribution is 2.31. The molecule has 0 saturated heterocycles. The fraction of sp³-hybridized carbons (Fsp3) is 0.111. The molecular weight excluding hydrogens is 348 g/mol. The van der Waals surface area contributed by atoms with Crippen molar-refractivity contribution in [3.63, 3.8) is 0 Å². The summed E-state index contributed by atoms with van der Waals surface area (Å²) >= 11 is 0. The third kappa shape index (κ3) is 4.69. The van der Waals surface area contributed by atoms with Gasteiger partial charge in [-0.15, -0.1) is 0 Å². The lowest BCUT2D eigenvalue weighted by Gasteiger charge is -2.11. The van der Waals surface area contributed by atoms with Gasteiger partial charge in [0.25, 0.3) is 0 Å². The molecule has 3 rings (SSSR count). The summed E-state index contributed by atoms with van der Waals surface area (Å²) in [7, 11) is 0. The number of hydrogen-bond acceptors (Lipinski definition) is 4. The monoisotopic (exact) mass is 362 g/mol. The van der Waals surface area contributed by atoms with E-state index in [-0.39, 0.29) is 17.5 Å². The number of benzene rings is 2. The van der Waals surface area contributed by atoms with Crippen molar-refractivity contribution in [2.45, 2.75) is 12.7 Å². The Labute approximate surface area is 146 Å². The summed E-state index contributed by atoms with van der Waals surface area (Å²) in [6.45, 7) is 0.417. The smallest absolute Gasteiger partial charge is 0.366 e. The highest BCUT2D eigenvalue weighted by molar-refractivity contribution is 5.56. The molecule has 0 spiro atoms. The second-order valence-corrected chi connectivity index (χ2v) is 5.45. The first-order chi connectivity index (χ1) is 12.4. The molecule has 0 bridgehead atoms. The average Bonchev–Trinajstić information content (AvgIpc) is 2.61.